The first-order valence-electron chi connectivity index (χ1n) is 8.67. The Morgan fingerprint density at radius 1 is 1.07 bits per heavy atom. The van der Waals surface area contributed by atoms with Gasteiger partial charge in [-0.1, -0.05) is 0 Å². The quantitative estimate of drug-likeness (QED) is 0.318. The average molecular weight is 444 g/mol. The van der Waals surface area contributed by atoms with Gasteiger partial charge in [-0.05, 0) is 0 Å². The van der Waals surface area contributed by atoms with Crippen LogP contribution in [0.2, 0.25) is 5.82 Å². The number of aryl methyl sites for hydroxylation is 1. The molecule has 146 valence electrons. The summed E-state index contributed by atoms with van der Waals surface area (Å²) in [7, 11) is 6.83. The van der Waals surface area contributed by atoms with Crippen molar-refractivity contribution in [1.29, 1.82) is 0 Å². The third-order valence-corrected chi connectivity index (χ3v) is 6.15. The van der Waals surface area contributed by atoms with Gasteiger partial charge in [0.05, 0.1) is 0 Å². The Balaban J connectivity index is 1.97. The van der Waals surface area contributed by atoms with E-state index in [2.05, 4.69) is 5.82 Å². The van der Waals surface area contributed by atoms with Crippen LogP contribution in [-0.4, -0.2) is 46.6 Å². The van der Waals surface area contributed by atoms with Gasteiger partial charge in [0, 0.05) is 0 Å². The summed E-state index contributed by atoms with van der Waals surface area (Å²) in [5, 5.41) is 1.04. The molecule has 0 spiro atoms. The summed E-state index contributed by atoms with van der Waals surface area (Å²) in [5.41, 5.74) is 2.63. The molecular formula is C22H23NO4Se. The minimum atomic E-state index is -0.0775. The van der Waals surface area contributed by atoms with Crippen LogP contribution in [0.25, 0.3) is 17.0 Å². The summed E-state index contributed by atoms with van der Waals surface area (Å²) in [5.74, 6) is 4.07. The summed E-state index contributed by atoms with van der Waals surface area (Å²) in [6.07, 6.45) is 5.45. The van der Waals surface area contributed by atoms with E-state index in [-0.39, 0.29) is 20.7 Å². The summed E-state index contributed by atoms with van der Waals surface area (Å²) in [6.45, 7) is 0. The Hall–Kier alpha value is -2.69. The van der Waals surface area contributed by atoms with E-state index in [1.165, 1.54) is 0 Å². The molecule has 3 aromatic rings. The van der Waals surface area contributed by atoms with Crippen molar-refractivity contribution in [2.75, 3.05) is 21.3 Å². The number of ketones is 1. The normalized spacial score (nSPS) is 11.2. The molecule has 0 N–H and O–H groups in total. The molecule has 0 aliphatic carbocycles. The van der Waals surface area contributed by atoms with Crippen molar-refractivity contribution in [3.05, 3.63) is 53.7 Å². The second kappa shape index (κ2) is 8.55. The first kappa shape index (κ1) is 20.1. The fourth-order valence-corrected chi connectivity index (χ4v) is 4.43. The first-order chi connectivity index (χ1) is 13.5. The molecule has 28 heavy (non-hydrogen) atoms. The molecule has 0 amide bonds. The van der Waals surface area contributed by atoms with Crippen LogP contribution in [0.4, 0.5) is 0 Å². The Morgan fingerprint density at radius 2 is 1.86 bits per heavy atom. The van der Waals surface area contributed by atoms with E-state index in [4.69, 9.17) is 14.2 Å². The number of carbonyl (C=O) groups excluding carboxylic acids is 1. The van der Waals surface area contributed by atoms with Crippen molar-refractivity contribution in [1.82, 2.24) is 4.57 Å². The van der Waals surface area contributed by atoms with Gasteiger partial charge in [0.1, 0.15) is 0 Å². The van der Waals surface area contributed by atoms with Gasteiger partial charge in [-0.3, -0.25) is 0 Å². The molecular weight excluding hydrogens is 421 g/mol. The zero-order chi connectivity index (χ0) is 20.3. The van der Waals surface area contributed by atoms with Crippen LogP contribution < -0.4 is 18.7 Å². The van der Waals surface area contributed by atoms with Crippen LogP contribution in [-0.2, 0) is 7.05 Å². The zero-order valence-corrected chi connectivity index (χ0v) is 18.3. The molecule has 0 aliphatic rings. The number of fused-ring (bicyclic) bond motifs is 1. The minimum absolute atomic E-state index is 0.0775. The Labute approximate surface area is 171 Å². The number of nitrogens with zero attached hydrogens (tertiary/aromatic N) is 1. The second-order valence-electron chi connectivity index (χ2n) is 6.19. The van der Waals surface area contributed by atoms with E-state index >= 15 is 0 Å². The van der Waals surface area contributed by atoms with E-state index in [9.17, 15) is 4.79 Å². The summed E-state index contributed by atoms with van der Waals surface area (Å²) in [6, 6.07) is 9.54. The van der Waals surface area contributed by atoms with Crippen LogP contribution in [0.5, 0.6) is 17.2 Å². The fraction of sp³-hybridized carbons (Fsp3) is 0.227. The molecule has 0 unspecified atom stereocenters. The van der Waals surface area contributed by atoms with Crippen LogP contribution in [0, 0.1) is 0 Å². The number of aromatic nitrogens is 1. The topological polar surface area (TPSA) is 49.7 Å². The van der Waals surface area contributed by atoms with Gasteiger partial charge in [0.25, 0.3) is 0 Å². The zero-order valence-electron chi connectivity index (χ0n) is 16.6. The monoisotopic (exact) mass is 445 g/mol. The number of allylic oxidation sites excluding steroid dienone is 1. The van der Waals surface area contributed by atoms with E-state index in [1.54, 1.807) is 33.5 Å². The Kier molecular flexibility index (Phi) is 6.12. The van der Waals surface area contributed by atoms with E-state index in [0.717, 1.165) is 26.7 Å². The Morgan fingerprint density at radius 3 is 2.50 bits per heavy atom. The maximum absolute atomic E-state index is 12.8. The average Bonchev–Trinajstić information content (AvgIpc) is 3.05. The van der Waals surface area contributed by atoms with Crippen LogP contribution >= 0.6 is 0 Å². The predicted octanol–water partition coefficient (Wildman–Crippen LogP) is 3.48. The number of methoxy groups -OCH3 is 3. The van der Waals surface area contributed by atoms with E-state index in [1.807, 2.05) is 48.2 Å². The number of hydrogen-bond acceptors (Lipinski definition) is 4. The third kappa shape index (κ3) is 3.79. The van der Waals surface area contributed by atoms with Gasteiger partial charge in [-0.25, -0.2) is 0 Å². The number of ether oxygens (including phenoxy) is 3. The van der Waals surface area contributed by atoms with Gasteiger partial charge in [-0.15, -0.1) is 0 Å². The van der Waals surface area contributed by atoms with Gasteiger partial charge >= 0.3 is 171 Å². The first-order valence-corrected chi connectivity index (χ1v) is 11.2. The van der Waals surface area contributed by atoms with Crippen LogP contribution in [0.1, 0.15) is 15.9 Å². The molecule has 2 aromatic carbocycles. The Bertz CT molecular complexity index is 1030. The third-order valence-electron chi connectivity index (χ3n) is 4.59. The maximum atomic E-state index is 12.8. The fourth-order valence-electron chi connectivity index (χ4n) is 3.15. The molecule has 0 fully saturated rings. The van der Waals surface area contributed by atoms with Gasteiger partial charge in [0.15, 0.2) is 0 Å². The van der Waals surface area contributed by atoms with Gasteiger partial charge in [-0.2, -0.15) is 0 Å². The molecule has 6 heteroatoms. The van der Waals surface area contributed by atoms with E-state index < -0.39 is 0 Å². The molecule has 0 atom stereocenters. The number of hydrogen-bond donors (Lipinski definition) is 0. The SMILES string of the molecule is COc1ccc2c(c1)c(/C=C/C(=O)c1cc(OC)c(OC)c([Se]C)c1)cn2C. The number of rotatable bonds is 7. The number of carbonyl (C=O) groups is 1. The summed E-state index contributed by atoms with van der Waals surface area (Å²) >= 11 is 0.171. The molecule has 0 aliphatic heterocycles. The molecule has 0 bridgehead atoms. The molecule has 0 saturated heterocycles. The molecule has 5 nitrogen and oxygen atoms in total. The molecule has 3 rings (SSSR count). The van der Waals surface area contributed by atoms with Crippen molar-refractivity contribution in [2.24, 2.45) is 7.05 Å². The van der Waals surface area contributed by atoms with E-state index in [0.29, 0.717) is 17.1 Å². The van der Waals surface area contributed by atoms with Gasteiger partial charge in [0.2, 0.25) is 0 Å². The predicted molar refractivity (Wildman–Crippen MR) is 114 cm³/mol. The second-order valence-corrected chi connectivity index (χ2v) is 7.97. The van der Waals surface area contributed by atoms with Gasteiger partial charge < -0.3 is 0 Å². The molecule has 1 aromatic heterocycles. The summed E-state index contributed by atoms with van der Waals surface area (Å²) in [4.78, 5) is 12.8. The summed E-state index contributed by atoms with van der Waals surface area (Å²) < 4.78 is 19.2. The van der Waals surface area contributed by atoms with Crippen LogP contribution in [0.3, 0.4) is 0 Å². The standard InChI is InChI=1S/C22H23NO4Se/c1-23-13-14(17-12-16(25-2)7-8-18(17)23)6-9-19(24)15-10-20(26-3)22(27-4)21(11-15)28-5/h6-13H,1-5H3/b9-6+. The van der Waals surface area contributed by atoms with Crippen molar-refractivity contribution in [2.45, 2.75) is 5.82 Å². The van der Waals surface area contributed by atoms with Crippen molar-refractivity contribution in [3.8, 4) is 17.2 Å². The van der Waals surface area contributed by atoms with Crippen molar-refractivity contribution in [3.63, 3.8) is 0 Å². The molecule has 0 saturated carbocycles. The molecule has 1 heterocycles. The number of benzene rings is 2. The van der Waals surface area contributed by atoms with Crippen molar-refractivity contribution < 1.29 is 19.0 Å². The van der Waals surface area contributed by atoms with Crippen molar-refractivity contribution >= 4 is 42.2 Å². The van der Waals surface area contributed by atoms with Crippen LogP contribution in [0.15, 0.2) is 42.6 Å². The molecule has 0 radical (unpaired) electrons.